The van der Waals surface area contributed by atoms with Gasteiger partial charge in [0.2, 0.25) is 5.95 Å². The second kappa shape index (κ2) is 6.04. The Hall–Kier alpha value is -1.95. The summed E-state index contributed by atoms with van der Waals surface area (Å²) in [6.07, 6.45) is 1.31. The van der Waals surface area contributed by atoms with E-state index < -0.39 is 0 Å². The Morgan fingerprint density at radius 2 is 2.05 bits per heavy atom. The first kappa shape index (κ1) is 15.0. The Morgan fingerprint density at radius 1 is 1.27 bits per heavy atom. The van der Waals surface area contributed by atoms with Gasteiger partial charge in [0.15, 0.2) is 0 Å². The molecule has 3 rings (SSSR count). The summed E-state index contributed by atoms with van der Waals surface area (Å²) in [5, 5.41) is 22.3. The van der Waals surface area contributed by atoms with Crippen LogP contribution in [-0.2, 0) is 6.54 Å². The zero-order valence-electron chi connectivity index (χ0n) is 13.2. The molecular formula is C16H23N5O. The molecule has 0 radical (unpaired) electrons. The lowest BCUT2D eigenvalue weighted by molar-refractivity contribution is 0.123. The number of hydrogen-bond acceptors (Lipinski definition) is 5. The lowest BCUT2D eigenvalue weighted by Crippen LogP contribution is -2.34. The average Bonchev–Trinajstić information content (AvgIpc) is 2.86. The Kier molecular flexibility index (Phi) is 4.11. The molecule has 0 saturated carbocycles. The summed E-state index contributed by atoms with van der Waals surface area (Å²) in [7, 11) is 0. The van der Waals surface area contributed by atoms with E-state index in [2.05, 4.69) is 46.4 Å². The van der Waals surface area contributed by atoms with Crippen LogP contribution < -0.4 is 4.90 Å². The minimum absolute atomic E-state index is 0.0411. The van der Waals surface area contributed by atoms with Crippen LogP contribution in [0.5, 0.6) is 0 Å². The molecule has 6 nitrogen and oxygen atoms in total. The molecule has 1 N–H and O–H groups in total. The fourth-order valence-electron chi connectivity index (χ4n) is 3.16. The first-order valence-corrected chi connectivity index (χ1v) is 7.77. The number of aliphatic hydroxyl groups is 1. The van der Waals surface area contributed by atoms with Crippen molar-refractivity contribution >= 4 is 5.95 Å². The summed E-state index contributed by atoms with van der Waals surface area (Å²) in [4.78, 5) is 2.19. The van der Waals surface area contributed by atoms with Gasteiger partial charge in [-0.3, -0.25) is 0 Å². The zero-order chi connectivity index (χ0) is 15.6. The van der Waals surface area contributed by atoms with Gasteiger partial charge in [-0.2, -0.15) is 0 Å². The molecule has 1 fully saturated rings. The number of anilines is 1. The van der Waals surface area contributed by atoms with Gasteiger partial charge in [-0.05, 0) is 34.2 Å². The van der Waals surface area contributed by atoms with Crippen LogP contribution in [0, 0.1) is 5.41 Å². The second-order valence-electron chi connectivity index (χ2n) is 6.85. The molecule has 6 heteroatoms. The summed E-state index contributed by atoms with van der Waals surface area (Å²) >= 11 is 0. The summed E-state index contributed by atoms with van der Waals surface area (Å²) in [6.45, 7) is 6.64. The van der Waals surface area contributed by atoms with Crippen LogP contribution in [-0.4, -0.2) is 44.5 Å². The molecule has 22 heavy (non-hydrogen) atoms. The van der Waals surface area contributed by atoms with E-state index in [0.29, 0.717) is 6.54 Å². The van der Waals surface area contributed by atoms with Gasteiger partial charge in [0.1, 0.15) is 0 Å². The van der Waals surface area contributed by atoms with Crippen LogP contribution >= 0.6 is 0 Å². The van der Waals surface area contributed by atoms with Crippen LogP contribution in [0.15, 0.2) is 30.3 Å². The normalized spacial score (nSPS) is 21.6. The van der Waals surface area contributed by atoms with E-state index in [1.165, 1.54) is 5.56 Å². The monoisotopic (exact) mass is 301 g/mol. The van der Waals surface area contributed by atoms with E-state index in [0.717, 1.165) is 31.9 Å². The predicted octanol–water partition coefficient (Wildman–Crippen LogP) is 1.71. The largest absolute Gasteiger partial charge is 0.393 e. The van der Waals surface area contributed by atoms with Crippen LogP contribution in [0.25, 0.3) is 0 Å². The maximum absolute atomic E-state index is 10.1. The molecule has 0 bridgehead atoms. The number of tetrazole rings is 1. The number of hydrogen-bond donors (Lipinski definition) is 1. The van der Waals surface area contributed by atoms with Crippen molar-refractivity contribution in [1.29, 1.82) is 0 Å². The van der Waals surface area contributed by atoms with Crippen molar-refractivity contribution in [2.75, 3.05) is 18.0 Å². The SMILES string of the molecule is CC1(C)CC(O)CCN(c2nnnn2Cc2ccccc2)C1. The third kappa shape index (κ3) is 3.44. The lowest BCUT2D eigenvalue weighted by atomic mass is 9.87. The number of benzene rings is 1. The van der Waals surface area contributed by atoms with Crippen molar-refractivity contribution in [3.8, 4) is 0 Å². The maximum atomic E-state index is 10.1. The lowest BCUT2D eigenvalue weighted by Gasteiger charge is -2.29. The summed E-state index contributed by atoms with van der Waals surface area (Å²) < 4.78 is 1.84. The molecule has 1 aliphatic heterocycles. The number of aromatic nitrogens is 4. The fourth-order valence-corrected chi connectivity index (χ4v) is 3.16. The minimum atomic E-state index is -0.251. The number of rotatable bonds is 3. The van der Waals surface area contributed by atoms with Crippen molar-refractivity contribution in [1.82, 2.24) is 20.2 Å². The highest BCUT2D eigenvalue weighted by Crippen LogP contribution is 2.30. The van der Waals surface area contributed by atoms with Gasteiger partial charge in [-0.25, -0.2) is 4.68 Å². The molecule has 1 aromatic carbocycles. The molecule has 118 valence electrons. The van der Waals surface area contributed by atoms with Crippen molar-refractivity contribution in [3.05, 3.63) is 35.9 Å². The van der Waals surface area contributed by atoms with Gasteiger partial charge >= 0.3 is 0 Å². The Labute approximate surface area is 130 Å². The van der Waals surface area contributed by atoms with Gasteiger partial charge in [0.05, 0.1) is 12.6 Å². The molecule has 2 heterocycles. The molecule has 1 atom stereocenters. The second-order valence-corrected chi connectivity index (χ2v) is 6.85. The van der Waals surface area contributed by atoms with Crippen LogP contribution in [0.3, 0.4) is 0 Å². The smallest absolute Gasteiger partial charge is 0.245 e. The standard InChI is InChI=1S/C16H23N5O/c1-16(2)10-14(22)8-9-20(12-16)15-17-18-19-21(15)11-13-6-4-3-5-7-13/h3-7,14,22H,8-12H2,1-2H3. The third-order valence-electron chi connectivity index (χ3n) is 4.11. The van der Waals surface area contributed by atoms with Gasteiger partial charge in [0.25, 0.3) is 0 Å². The maximum Gasteiger partial charge on any atom is 0.245 e. The molecular weight excluding hydrogens is 278 g/mol. The van der Waals surface area contributed by atoms with E-state index in [1.807, 2.05) is 22.9 Å². The highest BCUT2D eigenvalue weighted by molar-refractivity contribution is 5.30. The van der Waals surface area contributed by atoms with E-state index >= 15 is 0 Å². The summed E-state index contributed by atoms with van der Waals surface area (Å²) in [5.74, 6) is 0.783. The number of nitrogens with zero attached hydrogens (tertiary/aromatic N) is 5. The first-order valence-electron chi connectivity index (χ1n) is 7.77. The zero-order valence-corrected chi connectivity index (χ0v) is 13.2. The van der Waals surface area contributed by atoms with Crippen molar-refractivity contribution in [3.63, 3.8) is 0 Å². The van der Waals surface area contributed by atoms with E-state index in [-0.39, 0.29) is 11.5 Å². The van der Waals surface area contributed by atoms with E-state index in [1.54, 1.807) is 0 Å². The average molecular weight is 301 g/mol. The van der Waals surface area contributed by atoms with E-state index in [9.17, 15) is 5.11 Å². The van der Waals surface area contributed by atoms with Crippen LogP contribution in [0.4, 0.5) is 5.95 Å². The highest BCUT2D eigenvalue weighted by Gasteiger charge is 2.31. The van der Waals surface area contributed by atoms with Gasteiger partial charge in [-0.1, -0.05) is 49.3 Å². The third-order valence-corrected chi connectivity index (χ3v) is 4.11. The molecule has 0 amide bonds. The molecule has 1 aromatic heterocycles. The quantitative estimate of drug-likeness (QED) is 0.935. The Bertz CT molecular complexity index is 610. The molecule has 1 unspecified atom stereocenters. The molecule has 1 saturated heterocycles. The topological polar surface area (TPSA) is 67.1 Å². The fraction of sp³-hybridized carbons (Fsp3) is 0.562. The van der Waals surface area contributed by atoms with Crippen molar-refractivity contribution in [2.24, 2.45) is 5.41 Å². The van der Waals surface area contributed by atoms with Gasteiger partial charge < -0.3 is 10.0 Å². The highest BCUT2D eigenvalue weighted by atomic mass is 16.3. The minimum Gasteiger partial charge on any atom is -0.393 e. The van der Waals surface area contributed by atoms with Crippen molar-refractivity contribution < 1.29 is 5.11 Å². The Balaban J connectivity index is 1.81. The summed E-state index contributed by atoms with van der Waals surface area (Å²) in [6, 6.07) is 10.2. The van der Waals surface area contributed by atoms with Gasteiger partial charge in [-0.15, -0.1) is 0 Å². The molecule has 1 aliphatic rings. The van der Waals surface area contributed by atoms with E-state index in [4.69, 9.17) is 0 Å². The summed E-state index contributed by atoms with van der Waals surface area (Å²) in [5.41, 5.74) is 1.21. The van der Waals surface area contributed by atoms with Crippen LogP contribution in [0.1, 0.15) is 32.3 Å². The molecule has 2 aromatic rings. The molecule has 0 aliphatic carbocycles. The van der Waals surface area contributed by atoms with Gasteiger partial charge in [0, 0.05) is 13.1 Å². The Morgan fingerprint density at radius 3 is 2.82 bits per heavy atom. The first-order chi connectivity index (χ1) is 10.5. The van der Waals surface area contributed by atoms with Crippen LogP contribution in [0.2, 0.25) is 0 Å². The predicted molar refractivity (Wildman–Crippen MR) is 84.6 cm³/mol. The number of aliphatic hydroxyl groups excluding tert-OH is 1. The molecule has 0 spiro atoms. The van der Waals surface area contributed by atoms with Crippen molar-refractivity contribution in [2.45, 2.75) is 39.3 Å².